The Morgan fingerprint density at radius 3 is 2.48 bits per heavy atom. The highest BCUT2D eigenvalue weighted by molar-refractivity contribution is 5.88. The maximum absolute atomic E-state index is 13.0. The lowest BCUT2D eigenvalue weighted by Crippen LogP contribution is -2.33. The molecule has 2 heterocycles. The summed E-state index contributed by atoms with van der Waals surface area (Å²) in [5.41, 5.74) is -0.0907. The summed E-state index contributed by atoms with van der Waals surface area (Å²) in [5.74, 6) is -0.591. The van der Waals surface area contributed by atoms with Gasteiger partial charge in [0, 0.05) is 24.2 Å². The Bertz CT molecular complexity index is 1150. The highest BCUT2D eigenvalue weighted by Crippen LogP contribution is 2.38. The monoisotopic (exact) mass is 427 g/mol. The molecule has 1 aliphatic heterocycles. The third kappa shape index (κ3) is 4.25. The summed E-state index contributed by atoms with van der Waals surface area (Å²) in [6.07, 6.45) is 3.65. The third-order valence-corrected chi connectivity index (χ3v) is 5.47. The molecule has 3 N–H and O–H groups in total. The SMILES string of the molecule is COc1c(-c2ccc(O)c(O)c2)oc2cc(OCCN3CCCCC3)cc(O)c2c1=O. The Morgan fingerprint density at radius 2 is 1.77 bits per heavy atom. The predicted molar refractivity (Wildman–Crippen MR) is 115 cm³/mol. The van der Waals surface area contributed by atoms with Gasteiger partial charge in [0.1, 0.15) is 29.1 Å². The average Bonchev–Trinajstić information content (AvgIpc) is 2.76. The van der Waals surface area contributed by atoms with E-state index >= 15 is 0 Å². The van der Waals surface area contributed by atoms with E-state index in [4.69, 9.17) is 13.9 Å². The van der Waals surface area contributed by atoms with Gasteiger partial charge in [0.15, 0.2) is 17.3 Å². The van der Waals surface area contributed by atoms with Crippen LogP contribution in [0.1, 0.15) is 19.3 Å². The first-order chi connectivity index (χ1) is 15.0. The van der Waals surface area contributed by atoms with E-state index in [2.05, 4.69) is 4.90 Å². The van der Waals surface area contributed by atoms with Crippen LogP contribution in [0, 0.1) is 0 Å². The molecule has 0 atom stereocenters. The van der Waals surface area contributed by atoms with Crippen molar-refractivity contribution in [1.29, 1.82) is 0 Å². The topological polar surface area (TPSA) is 113 Å². The van der Waals surface area contributed by atoms with Crippen LogP contribution in [-0.4, -0.2) is 53.6 Å². The van der Waals surface area contributed by atoms with Gasteiger partial charge in [-0.1, -0.05) is 6.42 Å². The lowest BCUT2D eigenvalue weighted by molar-refractivity contribution is 0.183. The first kappa shape index (κ1) is 20.9. The molecule has 1 aromatic heterocycles. The number of methoxy groups -OCH3 is 1. The summed E-state index contributed by atoms with van der Waals surface area (Å²) in [5, 5.41) is 29.8. The first-order valence-electron chi connectivity index (χ1n) is 10.2. The van der Waals surface area contributed by atoms with Crippen molar-refractivity contribution in [3.8, 4) is 40.1 Å². The average molecular weight is 427 g/mol. The number of aromatic hydroxyl groups is 3. The van der Waals surface area contributed by atoms with Gasteiger partial charge in [0.25, 0.3) is 0 Å². The van der Waals surface area contributed by atoms with Gasteiger partial charge >= 0.3 is 0 Å². The summed E-state index contributed by atoms with van der Waals surface area (Å²) < 4.78 is 16.9. The van der Waals surface area contributed by atoms with Gasteiger partial charge < -0.3 is 29.2 Å². The van der Waals surface area contributed by atoms with Gasteiger partial charge in [0.2, 0.25) is 11.2 Å². The molecule has 31 heavy (non-hydrogen) atoms. The second-order valence-electron chi connectivity index (χ2n) is 7.56. The molecule has 164 valence electrons. The Balaban J connectivity index is 1.69. The highest BCUT2D eigenvalue weighted by atomic mass is 16.5. The lowest BCUT2D eigenvalue weighted by atomic mass is 10.1. The summed E-state index contributed by atoms with van der Waals surface area (Å²) in [6.45, 7) is 3.35. The van der Waals surface area contributed by atoms with Crippen LogP contribution >= 0.6 is 0 Å². The molecular formula is C23H25NO7. The fourth-order valence-electron chi connectivity index (χ4n) is 3.86. The van der Waals surface area contributed by atoms with Gasteiger partial charge in [-0.2, -0.15) is 0 Å². The first-order valence-corrected chi connectivity index (χ1v) is 10.2. The van der Waals surface area contributed by atoms with Crippen LogP contribution in [-0.2, 0) is 0 Å². The Labute approximate surface area is 178 Å². The van der Waals surface area contributed by atoms with E-state index in [0.29, 0.717) is 17.9 Å². The predicted octanol–water partition coefficient (Wildman–Crippen LogP) is 3.45. The van der Waals surface area contributed by atoms with E-state index < -0.39 is 5.43 Å². The second kappa shape index (κ2) is 8.77. The Morgan fingerprint density at radius 1 is 1.00 bits per heavy atom. The number of benzene rings is 2. The summed E-state index contributed by atoms with van der Waals surface area (Å²) in [4.78, 5) is 15.3. The normalized spacial score (nSPS) is 14.6. The van der Waals surface area contributed by atoms with E-state index in [1.165, 1.54) is 50.6 Å². The number of hydrogen-bond acceptors (Lipinski definition) is 8. The van der Waals surface area contributed by atoms with E-state index in [1.54, 1.807) is 6.07 Å². The van der Waals surface area contributed by atoms with Crippen LogP contribution in [0.2, 0.25) is 0 Å². The largest absolute Gasteiger partial charge is 0.507 e. The summed E-state index contributed by atoms with van der Waals surface area (Å²) in [6, 6.07) is 6.98. The number of ether oxygens (including phenoxy) is 2. The standard InChI is InChI=1S/C23H25NO7/c1-29-23-21(28)20-18(27)12-15(30-10-9-24-7-3-2-4-8-24)13-19(20)31-22(23)14-5-6-16(25)17(26)11-14/h5-6,11-13,25-27H,2-4,7-10H2,1H3. The van der Waals surface area contributed by atoms with Gasteiger partial charge in [0.05, 0.1) is 7.11 Å². The molecule has 4 rings (SSSR count). The molecule has 0 amide bonds. The molecule has 0 aliphatic carbocycles. The van der Waals surface area contributed by atoms with Gasteiger partial charge in [-0.15, -0.1) is 0 Å². The van der Waals surface area contributed by atoms with E-state index in [0.717, 1.165) is 19.6 Å². The number of likely N-dealkylation sites (tertiary alicyclic amines) is 1. The maximum atomic E-state index is 13.0. The number of phenolic OH excluding ortho intramolecular Hbond substituents is 3. The van der Waals surface area contributed by atoms with Crippen molar-refractivity contribution in [3.63, 3.8) is 0 Å². The zero-order valence-electron chi connectivity index (χ0n) is 17.3. The van der Waals surface area contributed by atoms with E-state index in [1.807, 2.05) is 0 Å². The minimum atomic E-state index is -0.552. The van der Waals surface area contributed by atoms with Crippen molar-refractivity contribution in [1.82, 2.24) is 4.90 Å². The van der Waals surface area contributed by atoms with Crippen molar-refractivity contribution in [3.05, 3.63) is 40.6 Å². The minimum absolute atomic E-state index is 0.0213. The lowest BCUT2D eigenvalue weighted by Gasteiger charge is -2.26. The second-order valence-corrected chi connectivity index (χ2v) is 7.56. The fraction of sp³-hybridized carbons (Fsp3) is 0.348. The fourth-order valence-corrected chi connectivity index (χ4v) is 3.86. The molecular weight excluding hydrogens is 402 g/mol. The van der Waals surface area contributed by atoms with Crippen LogP contribution in [0.15, 0.2) is 39.5 Å². The van der Waals surface area contributed by atoms with Crippen LogP contribution in [0.4, 0.5) is 0 Å². The van der Waals surface area contributed by atoms with Crippen molar-refractivity contribution in [2.45, 2.75) is 19.3 Å². The number of phenols is 3. The molecule has 0 bridgehead atoms. The zero-order chi connectivity index (χ0) is 22.0. The summed E-state index contributed by atoms with van der Waals surface area (Å²) >= 11 is 0. The number of rotatable bonds is 6. The smallest absolute Gasteiger partial charge is 0.239 e. The molecule has 0 radical (unpaired) electrons. The highest BCUT2D eigenvalue weighted by Gasteiger charge is 2.21. The van der Waals surface area contributed by atoms with Gasteiger partial charge in [-0.25, -0.2) is 0 Å². The zero-order valence-corrected chi connectivity index (χ0v) is 17.3. The minimum Gasteiger partial charge on any atom is -0.507 e. The molecule has 1 saturated heterocycles. The van der Waals surface area contributed by atoms with Gasteiger partial charge in [-0.3, -0.25) is 9.69 Å². The Kier molecular flexibility index (Phi) is 5.90. The molecule has 8 nitrogen and oxygen atoms in total. The van der Waals surface area contributed by atoms with Crippen LogP contribution in [0.25, 0.3) is 22.3 Å². The number of fused-ring (bicyclic) bond motifs is 1. The number of piperidine rings is 1. The molecule has 3 aromatic rings. The van der Waals surface area contributed by atoms with Crippen LogP contribution in [0.5, 0.6) is 28.7 Å². The van der Waals surface area contributed by atoms with Crippen LogP contribution in [0.3, 0.4) is 0 Å². The quantitative estimate of drug-likeness (QED) is 0.513. The van der Waals surface area contributed by atoms with E-state index in [-0.39, 0.29) is 39.7 Å². The molecule has 1 aliphatic rings. The van der Waals surface area contributed by atoms with Crippen molar-refractivity contribution >= 4 is 11.0 Å². The summed E-state index contributed by atoms with van der Waals surface area (Å²) in [7, 11) is 1.32. The molecule has 0 saturated carbocycles. The molecule has 8 heteroatoms. The molecule has 0 unspecified atom stereocenters. The van der Waals surface area contributed by atoms with E-state index in [9.17, 15) is 20.1 Å². The van der Waals surface area contributed by atoms with Crippen LogP contribution < -0.4 is 14.9 Å². The Hall–Kier alpha value is -3.39. The molecule has 1 fully saturated rings. The van der Waals surface area contributed by atoms with Crippen molar-refractivity contribution in [2.75, 3.05) is 33.4 Å². The third-order valence-electron chi connectivity index (χ3n) is 5.47. The number of nitrogens with zero attached hydrogens (tertiary/aromatic N) is 1. The molecule has 0 spiro atoms. The van der Waals surface area contributed by atoms with Crippen molar-refractivity contribution < 1.29 is 29.2 Å². The maximum Gasteiger partial charge on any atom is 0.239 e. The van der Waals surface area contributed by atoms with Crippen molar-refractivity contribution in [2.24, 2.45) is 0 Å². The molecule has 2 aromatic carbocycles. The van der Waals surface area contributed by atoms with Gasteiger partial charge in [-0.05, 0) is 44.1 Å². The number of hydrogen-bond donors (Lipinski definition) is 3.